The molecule has 0 spiro atoms. The summed E-state index contributed by atoms with van der Waals surface area (Å²) in [7, 11) is 0. The third-order valence-corrected chi connectivity index (χ3v) is 5.55. The number of aryl methyl sites for hydroxylation is 1. The lowest BCUT2D eigenvalue weighted by atomic mass is 10.0. The summed E-state index contributed by atoms with van der Waals surface area (Å²) >= 11 is 0. The molecule has 0 bridgehead atoms. The largest absolute Gasteiger partial charge is 0.376 e. The molecule has 1 aliphatic heterocycles. The summed E-state index contributed by atoms with van der Waals surface area (Å²) in [5.74, 6) is -0.284. The van der Waals surface area contributed by atoms with Crippen LogP contribution >= 0.6 is 0 Å². The van der Waals surface area contributed by atoms with Crippen molar-refractivity contribution in [1.82, 2.24) is 19.2 Å². The number of fused-ring (bicyclic) bond motifs is 3. The maximum Gasteiger partial charge on any atom is 0.261 e. The van der Waals surface area contributed by atoms with Gasteiger partial charge in [0.15, 0.2) is 5.65 Å². The van der Waals surface area contributed by atoms with E-state index < -0.39 is 0 Å². The summed E-state index contributed by atoms with van der Waals surface area (Å²) in [5.41, 5.74) is 3.88. The molecule has 1 saturated heterocycles. The highest BCUT2D eigenvalue weighted by Crippen LogP contribution is 2.29. The normalized spacial score (nSPS) is 16.8. The second-order valence-corrected chi connectivity index (χ2v) is 7.38. The standard InChI is InChI=1S/C22H21FN4O2/c1-2-18-20(14-5-7-15(23)8-6-14)21-24-12-17-19(27(21)25-18)9-10-26(22(17)28)13-16-4-3-11-29-16/h5-10,12,16H,2-4,11,13H2,1H3/t16-/m0/s1. The topological polar surface area (TPSA) is 61.4 Å². The zero-order chi connectivity index (χ0) is 20.0. The Morgan fingerprint density at radius 1 is 1.24 bits per heavy atom. The van der Waals surface area contributed by atoms with Gasteiger partial charge >= 0.3 is 0 Å². The van der Waals surface area contributed by atoms with Gasteiger partial charge < -0.3 is 9.30 Å². The lowest BCUT2D eigenvalue weighted by Crippen LogP contribution is -2.26. The molecule has 4 heterocycles. The fraction of sp³-hybridized carbons (Fsp3) is 0.318. The van der Waals surface area contributed by atoms with Crippen LogP contribution in [0, 0.1) is 5.82 Å². The number of nitrogens with zero attached hydrogens (tertiary/aromatic N) is 4. The molecule has 7 heteroatoms. The Hall–Kier alpha value is -3.06. The van der Waals surface area contributed by atoms with Crippen molar-refractivity contribution in [2.45, 2.75) is 38.8 Å². The molecule has 6 nitrogen and oxygen atoms in total. The second kappa shape index (κ2) is 7.08. The highest BCUT2D eigenvalue weighted by molar-refractivity contribution is 5.86. The summed E-state index contributed by atoms with van der Waals surface area (Å²) in [6.45, 7) is 3.33. The number of hydrogen-bond acceptors (Lipinski definition) is 4. The van der Waals surface area contributed by atoms with Gasteiger partial charge in [0.2, 0.25) is 0 Å². The van der Waals surface area contributed by atoms with Crippen molar-refractivity contribution in [1.29, 1.82) is 0 Å². The summed E-state index contributed by atoms with van der Waals surface area (Å²) < 4.78 is 22.5. The van der Waals surface area contributed by atoms with Gasteiger partial charge in [0.25, 0.3) is 5.56 Å². The van der Waals surface area contributed by atoms with Gasteiger partial charge in [-0.25, -0.2) is 13.9 Å². The van der Waals surface area contributed by atoms with Gasteiger partial charge in [0.05, 0.1) is 29.2 Å². The van der Waals surface area contributed by atoms with Gasteiger partial charge in [-0.3, -0.25) is 4.79 Å². The second-order valence-electron chi connectivity index (χ2n) is 7.38. The summed E-state index contributed by atoms with van der Waals surface area (Å²) in [6, 6.07) is 8.24. The smallest absolute Gasteiger partial charge is 0.261 e. The van der Waals surface area contributed by atoms with Crippen LogP contribution < -0.4 is 5.56 Å². The Labute approximate surface area is 166 Å². The zero-order valence-corrected chi connectivity index (χ0v) is 16.1. The fourth-order valence-corrected chi connectivity index (χ4v) is 4.07. The first-order valence-electron chi connectivity index (χ1n) is 9.93. The van der Waals surface area contributed by atoms with Crippen LogP contribution in [-0.2, 0) is 17.7 Å². The number of halogens is 1. The van der Waals surface area contributed by atoms with E-state index in [2.05, 4.69) is 4.98 Å². The van der Waals surface area contributed by atoms with E-state index in [0.717, 1.165) is 36.3 Å². The highest BCUT2D eigenvalue weighted by atomic mass is 19.1. The maximum atomic E-state index is 13.4. The average Bonchev–Trinajstić information content (AvgIpc) is 3.38. The molecule has 3 aromatic heterocycles. The minimum atomic E-state index is -0.284. The molecule has 4 aromatic rings. The van der Waals surface area contributed by atoms with Crippen molar-refractivity contribution in [3.05, 3.63) is 64.6 Å². The summed E-state index contributed by atoms with van der Waals surface area (Å²) in [6.07, 6.45) is 6.22. The summed E-state index contributed by atoms with van der Waals surface area (Å²) in [5, 5.41) is 5.24. The molecule has 0 amide bonds. The van der Waals surface area contributed by atoms with Crippen LogP contribution in [0.5, 0.6) is 0 Å². The predicted molar refractivity (Wildman–Crippen MR) is 108 cm³/mol. The van der Waals surface area contributed by atoms with Crippen molar-refractivity contribution in [3.8, 4) is 11.1 Å². The predicted octanol–water partition coefficient (Wildman–Crippen LogP) is 3.59. The van der Waals surface area contributed by atoms with Gasteiger partial charge in [-0.15, -0.1) is 0 Å². The first-order valence-corrected chi connectivity index (χ1v) is 9.93. The molecule has 0 unspecified atom stereocenters. The third-order valence-electron chi connectivity index (χ3n) is 5.55. The number of pyridine rings is 1. The van der Waals surface area contributed by atoms with Crippen LogP contribution in [-0.4, -0.2) is 31.9 Å². The van der Waals surface area contributed by atoms with Gasteiger partial charge in [-0.1, -0.05) is 19.1 Å². The molecule has 1 aliphatic rings. The fourth-order valence-electron chi connectivity index (χ4n) is 4.07. The first-order chi connectivity index (χ1) is 14.2. The minimum absolute atomic E-state index is 0.0864. The Balaban J connectivity index is 1.68. The van der Waals surface area contributed by atoms with Gasteiger partial charge in [-0.2, -0.15) is 5.10 Å². The molecule has 1 aromatic carbocycles. The van der Waals surface area contributed by atoms with E-state index >= 15 is 0 Å². The minimum Gasteiger partial charge on any atom is -0.376 e. The lowest BCUT2D eigenvalue weighted by Gasteiger charge is -2.12. The van der Waals surface area contributed by atoms with E-state index in [1.54, 1.807) is 33.6 Å². The van der Waals surface area contributed by atoms with E-state index in [1.165, 1.54) is 12.1 Å². The molecule has 0 saturated carbocycles. The molecule has 0 N–H and O–H groups in total. The number of rotatable bonds is 4. The molecular weight excluding hydrogens is 371 g/mol. The maximum absolute atomic E-state index is 13.4. The van der Waals surface area contributed by atoms with Crippen molar-refractivity contribution in [3.63, 3.8) is 0 Å². The van der Waals surface area contributed by atoms with Crippen LogP contribution in [0.3, 0.4) is 0 Å². The van der Waals surface area contributed by atoms with Crippen LogP contribution in [0.15, 0.2) is 47.5 Å². The van der Waals surface area contributed by atoms with Crippen molar-refractivity contribution in [2.75, 3.05) is 6.61 Å². The van der Waals surface area contributed by atoms with E-state index in [0.29, 0.717) is 29.5 Å². The van der Waals surface area contributed by atoms with Crippen molar-refractivity contribution in [2.24, 2.45) is 0 Å². The molecule has 0 radical (unpaired) electrons. The Kier molecular flexibility index (Phi) is 4.39. The highest BCUT2D eigenvalue weighted by Gasteiger charge is 2.20. The number of ether oxygens (including phenoxy) is 1. The van der Waals surface area contributed by atoms with Crippen LogP contribution in [0.1, 0.15) is 25.5 Å². The molecular formula is C22H21FN4O2. The SMILES string of the molecule is CCc1nn2c(ncc3c(=O)n(C[C@@H]4CCCO4)ccc32)c1-c1ccc(F)cc1. The van der Waals surface area contributed by atoms with Gasteiger partial charge in [0, 0.05) is 24.6 Å². The number of hydrogen-bond donors (Lipinski definition) is 0. The first kappa shape index (κ1) is 18.0. The van der Waals surface area contributed by atoms with Crippen LogP contribution in [0.2, 0.25) is 0 Å². The zero-order valence-electron chi connectivity index (χ0n) is 16.1. The van der Waals surface area contributed by atoms with E-state index in [4.69, 9.17) is 9.84 Å². The number of aromatic nitrogens is 4. The van der Waals surface area contributed by atoms with E-state index in [9.17, 15) is 9.18 Å². The number of benzene rings is 1. The van der Waals surface area contributed by atoms with Gasteiger partial charge in [0.1, 0.15) is 5.82 Å². The molecule has 1 fully saturated rings. The monoisotopic (exact) mass is 392 g/mol. The van der Waals surface area contributed by atoms with E-state index in [1.807, 2.05) is 13.0 Å². The quantitative estimate of drug-likeness (QED) is 0.533. The Bertz CT molecular complexity index is 1250. The molecule has 1 atom stereocenters. The molecule has 5 rings (SSSR count). The van der Waals surface area contributed by atoms with Gasteiger partial charge in [-0.05, 0) is 43.0 Å². The Morgan fingerprint density at radius 2 is 2.07 bits per heavy atom. The van der Waals surface area contributed by atoms with Crippen molar-refractivity contribution >= 4 is 16.6 Å². The van der Waals surface area contributed by atoms with Crippen molar-refractivity contribution < 1.29 is 9.13 Å². The lowest BCUT2D eigenvalue weighted by molar-refractivity contribution is 0.0963. The third kappa shape index (κ3) is 3.02. The van der Waals surface area contributed by atoms with Crippen LogP contribution in [0.4, 0.5) is 4.39 Å². The Morgan fingerprint density at radius 3 is 2.79 bits per heavy atom. The van der Waals surface area contributed by atoms with Crippen LogP contribution in [0.25, 0.3) is 27.7 Å². The molecule has 29 heavy (non-hydrogen) atoms. The summed E-state index contributed by atoms with van der Waals surface area (Å²) in [4.78, 5) is 17.6. The average molecular weight is 392 g/mol. The molecule has 0 aliphatic carbocycles. The molecule has 148 valence electrons. The van der Waals surface area contributed by atoms with E-state index in [-0.39, 0.29) is 17.5 Å².